The van der Waals surface area contributed by atoms with Crippen LogP contribution in [0.5, 0.6) is 5.75 Å². The fourth-order valence-electron chi connectivity index (χ4n) is 3.15. The molecule has 2 aromatic carbocycles. The van der Waals surface area contributed by atoms with Crippen LogP contribution >= 0.6 is 12.2 Å². The number of aromatic amines is 1. The number of hydrogen-bond donors (Lipinski definition) is 2. The van der Waals surface area contributed by atoms with E-state index < -0.39 is 0 Å². The second-order valence-electron chi connectivity index (χ2n) is 6.91. The Balaban J connectivity index is 1.91. The molecule has 3 aromatic rings. The van der Waals surface area contributed by atoms with Crippen LogP contribution in [0.1, 0.15) is 22.3 Å². The smallest absolute Gasteiger partial charge is 0.253 e. The van der Waals surface area contributed by atoms with Crippen molar-refractivity contribution < 1.29 is 4.74 Å². The van der Waals surface area contributed by atoms with Crippen molar-refractivity contribution in [2.75, 3.05) is 14.2 Å². The zero-order valence-corrected chi connectivity index (χ0v) is 17.4. The summed E-state index contributed by atoms with van der Waals surface area (Å²) >= 11 is 5.48. The van der Waals surface area contributed by atoms with Crippen molar-refractivity contribution in [1.29, 1.82) is 0 Å². The molecule has 28 heavy (non-hydrogen) atoms. The highest BCUT2D eigenvalue weighted by Gasteiger charge is 2.13. The van der Waals surface area contributed by atoms with Crippen LogP contribution in [0.3, 0.4) is 0 Å². The number of methoxy groups -OCH3 is 1. The minimum Gasteiger partial charge on any atom is -0.497 e. The Morgan fingerprint density at radius 3 is 2.43 bits per heavy atom. The average Bonchev–Trinajstić information content (AvgIpc) is 2.69. The van der Waals surface area contributed by atoms with Crippen molar-refractivity contribution in [1.82, 2.24) is 15.2 Å². The van der Waals surface area contributed by atoms with Crippen molar-refractivity contribution in [3.05, 3.63) is 75.1 Å². The molecule has 0 bridgehead atoms. The molecule has 0 saturated heterocycles. The van der Waals surface area contributed by atoms with Gasteiger partial charge in [0, 0.05) is 24.7 Å². The molecule has 0 spiro atoms. The fraction of sp³-hybridized carbons (Fsp3) is 0.273. The highest BCUT2D eigenvalue weighted by Crippen LogP contribution is 2.19. The molecule has 6 heteroatoms. The zero-order valence-electron chi connectivity index (χ0n) is 16.6. The number of nitrogens with zero attached hydrogens (tertiary/aromatic N) is 1. The van der Waals surface area contributed by atoms with E-state index in [4.69, 9.17) is 17.0 Å². The second-order valence-corrected chi connectivity index (χ2v) is 7.29. The molecule has 0 saturated carbocycles. The van der Waals surface area contributed by atoms with Crippen molar-refractivity contribution >= 4 is 28.2 Å². The van der Waals surface area contributed by atoms with Crippen LogP contribution in [-0.2, 0) is 13.1 Å². The first kappa shape index (κ1) is 19.9. The number of thiocarbonyl (C=S) groups is 1. The molecule has 1 heterocycles. The molecule has 0 radical (unpaired) electrons. The quantitative estimate of drug-likeness (QED) is 0.646. The van der Waals surface area contributed by atoms with E-state index in [1.54, 1.807) is 14.2 Å². The average molecular weight is 396 g/mol. The van der Waals surface area contributed by atoms with E-state index in [0.29, 0.717) is 23.8 Å². The van der Waals surface area contributed by atoms with Crippen molar-refractivity contribution in [2.24, 2.45) is 0 Å². The molecule has 0 fully saturated rings. The Hall–Kier alpha value is -2.86. The minimum atomic E-state index is -0.0885. The van der Waals surface area contributed by atoms with E-state index in [1.165, 1.54) is 5.56 Å². The maximum atomic E-state index is 12.6. The van der Waals surface area contributed by atoms with Gasteiger partial charge in [0.1, 0.15) is 5.75 Å². The van der Waals surface area contributed by atoms with Crippen LogP contribution < -0.4 is 15.6 Å². The van der Waals surface area contributed by atoms with Gasteiger partial charge in [0.2, 0.25) is 0 Å². The van der Waals surface area contributed by atoms with E-state index in [9.17, 15) is 4.79 Å². The second kappa shape index (κ2) is 8.44. The van der Waals surface area contributed by atoms with E-state index in [0.717, 1.165) is 27.8 Å². The Morgan fingerprint density at radius 2 is 1.79 bits per heavy atom. The first-order valence-electron chi connectivity index (χ1n) is 9.14. The van der Waals surface area contributed by atoms with Gasteiger partial charge >= 0.3 is 0 Å². The number of aryl methyl sites for hydroxylation is 2. The fourth-order valence-corrected chi connectivity index (χ4v) is 3.28. The van der Waals surface area contributed by atoms with Gasteiger partial charge in [0.05, 0.1) is 13.7 Å². The minimum absolute atomic E-state index is 0.0885. The standard InChI is InChI=1S/C22H25N3O2S/c1-14-9-17-11-18(21(26)24-20(17)10-15(14)2)13-25(22(28)23-3)12-16-5-7-19(27-4)8-6-16/h5-11H,12-13H2,1-4H3,(H,23,28)(H,24,26). The van der Waals surface area contributed by atoms with Gasteiger partial charge in [-0.2, -0.15) is 0 Å². The van der Waals surface area contributed by atoms with Crippen LogP contribution in [0, 0.1) is 13.8 Å². The Morgan fingerprint density at radius 1 is 1.11 bits per heavy atom. The van der Waals surface area contributed by atoms with Gasteiger partial charge in [0.25, 0.3) is 5.56 Å². The Bertz CT molecular complexity index is 1060. The molecule has 3 rings (SSSR count). The highest BCUT2D eigenvalue weighted by molar-refractivity contribution is 7.80. The van der Waals surface area contributed by atoms with Crippen LogP contribution in [0.4, 0.5) is 0 Å². The zero-order chi connectivity index (χ0) is 20.3. The maximum absolute atomic E-state index is 12.6. The van der Waals surface area contributed by atoms with Crippen LogP contribution in [-0.4, -0.2) is 29.2 Å². The van der Waals surface area contributed by atoms with Crippen LogP contribution in [0.15, 0.2) is 47.3 Å². The molecule has 0 atom stereocenters. The summed E-state index contributed by atoms with van der Waals surface area (Å²) in [6, 6.07) is 13.9. The van der Waals surface area contributed by atoms with E-state index in [2.05, 4.69) is 23.3 Å². The highest BCUT2D eigenvalue weighted by atomic mass is 32.1. The summed E-state index contributed by atoms with van der Waals surface area (Å²) in [5.74, 6) is 0.808. The van der Waals surface area contributed by atoms with Crippen LogP contribution in [0.25, 0.3) is 10.9 Å². The van der Waals surface area contributed by atoms with E-state index in [1.807, 2.05) is 48.2 Å². The maximum Gasteiger partial charge on any atom is 0.253 e. The first-order valence-corrected chi connectivity index (χ1v) is 9.55. The summed E-state index contributed by atoms with van der Waals surface area (Å²) in [7, 11) is 3.44. The molecule has 0 aliphatic heterocycles. The number of benzene rings is 2. The lowest BCUT2D eigenvalue weighted by molar-refractivity contribution is 0.398. The largest absolute Gasteiger partial charge is 0.497 e. The lowest BCUT2D eigenvalue weighted by Gasteiger charge is -2.25. The Labute approximate surface area is 170 Å². The number of fused-ring (bicyclic) bond motifs is 1. The first-order chi connectivity index (χ1) is 13.4. The van der Waals surface area contributed by atoms with Gasteiger partial charge in [-0.25, -0.2) is 0 Å². The normalized spacial score (nSPS) is 10.7. The summed E-state index contributed by atoms with van der Waals surface area (Å²) < 4.78 is 5.22. The monoisotopic (exact) mass is 395 g/mol. The van der Waals surface area contributed by atoms with Gasteiger partial charge < -0.3 is 19.9 Å². The van der Waals surface area contributed by atoms with Crippen molar-refractivity contribution in [3.63, 3.8) is 0 Å². The lowest BCUT2D eigenvalue weighted by Crippen LogP contribution is -2.38. The summed E-state index contributed by atoms with van der Waals surface area (Å²) in [6.07, 6.45) is 0. The molecule has 146 valence electrons. The number of ether oxygens (including phenoxy) is 1. The topological polar surface area (TPSA) is 57.4 Å². The summed E-state index contributed by atoms with van der Waals surface area (Å²) in [6.45, 7) is 5.13. The van der Waals surface area contributed by atoms with Gasteiger partial charge in [-0.15, -0.1) is 0 Å². The van der Waals surface area contributed by atoms with Crippen LogP contribution in [0.2, 0.25) is 0 Å². The number of rotatable bonds is 5. The summed E-state index contributed by atoms with van der Waals surface area (Å²) in [5.41, 5.74) is 4.90. The lowest BCUT2D eigenvalue weighted by atomic mass is 10.0. The van der Waals surface area contributed by atoms with Gasteiger partial charge in [-0.3, -0.25) is 4.79 Å². The number of pyridine rings is 1. The van der Waals surface area contributed by atoms with Crippen molar-refractivity contribution in [2.45, 2.75) is 26.9 Å². The third-order valence-electron chi connectivity index (χ3n) is 4.93. The van der Waals surface area contributed by atoms with Gasteiger partial charge in [0.15, 0.2) is 5.11 Å². The molecule has 0 aliphatic rings. The van der Waals surface area contributed by atoms with Crippen molar-refractivity contribution in [3.8, 4) is 5.75 Å². The summed E-state index contributed by atoms with van der Waals surface area (Å²) in [5, 5.41) is 4.64. The predicted octanol–water partition coefficient (Wildman–Crippen LogP) is 3.66. The number of hydrogen-bond acceptors (Lipinski definition) is 3. The van der Waals surface area contributed by atoms with Gasteiger partial charge in [-0.1, -0.05) is 12.1 Å². The molecule has 1 aromatic heterocycles. The number of nitrogens with one attached hydrogen (secondary N) is 2. The third-order valence-corrected chi connectivity index (χ3v) is 5.39. The van der Waals surface area contributed by atoms with E-state index in [-0.39, 0.29) is 5.56 Å². The number of aromatic nitrogens is 1. The molecule has 0 unspecified atom stereocenters. The third kappa shape index (κ3) is 4.34. The molecular formula is C22H25N3O2S. The molecule has 0 aliphatic carbocycles. The molecule has 2 N–H and O–H groups in total. The van der Waals surface area contributed by atoms with E-state index >= 15 is 0 Å². The van der Waals surface area contributed by atoms with Gasteiger partial charge in [-0.05, 0) is 78.5 Å². The number of H-pyrrole nitrogens is 1. The molecular weight excluding hydrogens is 370 g/mol. The predicted molar refractivity (Wildman–Crippen MR) is 118 cm³/mol. The summed E-state index contributed by atoms with van der Waals surface area (Å²) in [4.78, 5) is 17.6. The SMILES string of the molecule is CNC(=S)N(Cc1ccc(OC)cc1)Cc1cc2cc(C)c(C)cc2[nH]c1=O. The molecule has 0 amide bonds. The molecule has 5 nitrogen and oxygen atoms in total. The Kier molecular flexibility index (Phi) is 5.99.